The Balaban J connectivity index is 2.12. The van der Waals surface area contributed by atoms with Crippen LogP contribution >= 0.6 is 11.3 Å². The number of amides is 1. The van der Waals surface area contributed by atoms with E-state index in [1.165, 1.54) is 15.9 Å². The molecule has 3 heterocycles. The van der Waals surface area contributed by atoms with Gasteiger partial charge in [0.25, 0.3) is 11.5 Å². The van der Waals surface area contributed by atoms with Crippen LogP contribution < -0.4 is 10.9 Å². The maximum Gasteiger partial charge on any atom is 0.265 e. The number of aromatic nitrogens is 3. The molecule has 0 bridgehead atoms. The van der Waals surface area contributed by atoms with Crippen molar-refractivity contribution in [2.75, 3.05) is 5.32 Å². The molecular formula is C14H12N4O2S. The average Bonchev–Trinajstić information content (AvgIpc) is 2.99. The smallest absolute Gasteiger partial charge is 0.265 e. The topological polar surface area (TPSA) is 76.9 Å². The number of rotatable bonds is 3. The predicted molar refractivity (Wildman–Crippen MR) is 81.7 cm³/mol. The summed E-state index contributed by atoms with van der Waals surface area (Å²) in [6, 6.07) is 5.17. The highest BCUT2D eigenvalue weighted by atomic mass is 32.1. The number of fused-ring (bicyclic) bond motifs is 1. The lowest BCUT2D eigenvalue weighted by Gasteiger charge is -2.09. The molecular weight excluding hydrogens is 288 g/mol. The van der Waals surface area contributed by atoms with Crippen LogP contribution in [0.5, 0.6) is 0 Å². The maximum atomic E-state index is 12.4. The lowest BCUT2D eigenvalue weighted by Crippen LogP contribution is -2.29. The lowest BCUT2D eigenvalue weighted by atomic mass is 10.2. The Bertz CT molecular complexity index is 855. The summed E-state index contributed by atoms with van der Waals surface area (Å²) in [4.78, 5) is 32.9. The van der Waals surface area contributed by atoms with Gasteiger partial charge in [0.05, 0.1) is 0 Å². The summed E-state index contributed by atoms with van der Waals surface area (Å²) < 4.78 is 1.49. The predicted octanol–water partition coefficient (Wildman–Crippen LogP) is 2.13. The van der Waals surface area contributed by atoms with Crippen molar-refractivity contribution in [1.29, 1.82) is 0 Å². The van der Waals surface area contributed by atoms with Gasteiger partial charge in [0.2, 0.25) is 0 Å². The van der Waals surface area contributed by atoms with Crippen molar-refractivity contribution in [2.24, 2.45) is 0 Å². The third kappa shape index (κ3) is 2.43. The number of anilines is 1. The van der Waals surface area contributed by atoms with Crippen molar-refractivity contribution in [3.63, 3.8) is 0 Å². The first-order valence-electron chi connectivity index (χ1n) is 6.40. The van der Waals surface area contributed by atoms with Crippen LogP contribution in [0, 0.1) is 0 Å². The van der Waals surface area contributed by atoms with Crippen LogP contribution in [-0.4, -0.2) is 20.4 Å². The normalized spacial score (nSPS) is 10.7. The van der Waals surface area contributed by atoms with Gasteiger partial charge in [0.15, 0.2) is 5.13 Å². The first-order chi connectivity index (χ1) is 10.2. The Labute approximate surface area is 124 Å². The maximum absolute atomic E-state index is 12.4. The molecule has 0 saturated heterocycles. The van der Waals surface area contributed by atoms with Crippen LogP contribution in [0.15, 0.2) is 40.8 Å². The fourth-order valence-electron chi connectivity index (χ4n) is 2.11. The van der Waals surface area contributed by atoms with E-state index in [9.17, 15) is 9.59 Å². The number of pyridine rings is 2. The molecule has 3 aromatic rings. The van der Waals surface area contributed by atoms with Gasteiger partial charge in [0, 0.05) is 29.7 Å². The first kappa shape index (κ1) is 13.4. The second kappa shape index (κ2) is 5.45. The van der Waals surface area contributed by atoms with Crippen LogP contribution in [0.4, 0.5) is 5.13 Å². The molecule has 0 aromatic carbocycles. The second-order valence-electron chi connectivity index (χ2n) is 4.32. The number of carbonyl (C=O) groups excluding carboxylic acids is 1. The third-order valence-electron chi connectivity index (χ3n) is 3.06. The SMILES string of the molecule is CCn1c(=O)c(C(=O)Nc2nccs2)cc2cccnc21. The molecule has 0 atom stereocenters. The van der Waals surface area contributed by atoms with E-state index in [2.05, 4.69) is 15.3 Å². The fraction of sp³-hybridized carbons (Fsp3) is 0.143. The van der Waals surface area contributed by atoms with Gasteiger partial charge in [-0.05, 0) is 25.1 Å². The van der Waals surface area contributed by atoms with E-state index in [0.717, 1.165) is 5.39 Å². The summed E-state index contributed by atoms with van der Waals surface area (Å²) in [7, 11) is 0. The van der Waals surface area contributed by atoms with Crippen LogP contribution in [0.3, 0.4) is 0 Å². The number of aryl methyl sites for hydroxylation is 1. The number of hydrogen-bond donors (Lipinski definition) is 1. The summed E-state index contributed by atoms with van der Waals surface area (Å²) in [5, 5.41) is 5.60. The van der Waals surface area contributed by atoms with Crippen LogP contribution in [0.25, 0.3) is 11.0 Å². The van der Waals surface area contributed by atoms with Crippen molar-refractivity contribution in [2.45, 2.75) is 13.5 Å². The van der Waals surface area contributed by atoms with Gasteiger partial charge in [-0.1, -0.05) is 0 Å². The lowest BCUT2D eigenvalue weighted by molar-refractivity contribution is 0.102. The molecule has 0 aliphatic carbocycles. The molecule has 0 fully saturated rings. The average molecular weight is 300 g/mol. The minimum atomic E-state index is -0.456. The minimum absolute atomic E-state index is 0.0903. The number of nitrogens with one attached hydrogen (secondary N) is 1. The monoisotopic (exact) mass is 300 g/mol. The highest BCUT2D eigenvalue weighted by molar-refractivity contribution is 7.13. The zero-order valence-corrected chi connectivity index (χ0v) is 12.1. The molecule has 0 unspecified atom stereocenters. The molecule has 1 N–H and O–H groups in total. The van der Waals surface area contributed by atoms with Gasteiger partial charge in [0.1, 0.15) is 11.2 Å². The Kier molecular flexibility index (Phi) is 3.49. The van der Waals surface area contributed by atoms with E-state index >= 15 is 0 Å². The van der Waals surface area contributed by atoms with Crippen LogP contribution in [0.2, 0.25) is 0 Å². The summed E-state index contributed by atoms with van der Waals surface area (Å²) >= 11 is 1.30. The zero-order valence-electron chi connectivity index (χ0n) is 11.2. The quantitative estimate of drug-likeness (QED) is 0.804. The molecule has 1 amide bonds. The molecule has 21 heavy (non-hydrogen) atoms. The minimum Gasteiger partial charge on any atom is -0.298 e. The Morgan fingerprint density at radius 3 is 2.95 bits per heavy atom. The highest BCUT2D eigenvalue weighted by Crippen LogP contribution is 2.14. The molecule has 0 aliphatic heterocycles. The summed E-state index contributed by atoms with van der Waals surface area (Å²) in [5.74, 6) is -0.456. The van der Waals surface area contributed by atoms with E-state index in [0.29, 0.717) is 17.3 Å². The molecule has 106 valence electrons. The molecule has 0 spiro atoms. The Morgan fingerprint density at radius 1 is 1.38 bits per heavy atom. The number of carbonyl (C=O) groups is 1. The van der Waals surface area contributed by atoms with Gasteiger partial charge in [-0.15, -0.1) is 11.3 Å². The van der Waals surface area contributed by atoms with Crippen LogP contribution in [0.1, 0.15) is 17.3 Å². The first-order valence-corrected chi connectivity index (χ1v) is 7.28. The van der Waals surface area contributed by atoms with Gasteiger partial charge >= 0.3 is 0 Å². The van der Waals surface area contributed by atoms with Gasteiger partial charge in [-0.3, -0.25) is 19.5 Å². The molecule has 0 saturated carbocycles. The van der Waals surface area contributed by atoms with Crippen molar-refractivity contribution in [3.05, 3.63) is 51.9 Å². The largest absolute Gasteiger partial charge is 0.298 e. The molecule has 0 aliphatic rings. The van der Waals surface area contributed by atoms with Crippen molar-refractivity contribution in [3.8, 4) is 0 Å². The molecule has 7 heteroatoms. The summed E-state index contributed by atoms with van der Waals surface area (Å²) in [5.41, 5.74) is 0.320. The van der Waals surface area contributed by atoms with Gasteiger partial charge in [-0.2, -0.15) is 0 Å². The summed E-state index contributed by atoms with van der Waals surface area (Å²) in [6.07, 6.45) is 3.22. The summed E-state index contributed by atoms with van der Waals surface area (Å²) in [6.45, 7) is 2.29. The molecule has 6 nitrogen and oxygen atoms in total. The standard InChI is InChI=1S/C14H12N4O2S/c1-2-18-11-9(4-3-5-15-11)8-10(13(18)20)12(19)17-14-16-6-7-21-14/h3-8H,2H2,1H3,(H,16,17,19). The molecule has 3 rings (SSSR count). The van der Waals surface area contributed by atoms with Gasteiger partial charge in [-0.25, -0.2) is 9.97 Å². The molecule has 0 radical (unpaired) electrons. The zero-order chi connectivity index (χ0) is 14.8. The Morgan fingerprint density at radius 2 is 2.24 bits per heavy atom. The van der Waals surface area contributed by atoms with Gasteiger partial charge < -0.3 is 0 Å². The van der Waals surface area contributed by atoms with Crippen LogP contribution in [-0.2, 0) is 6.54 Å². The number of thiazole rings is 1. The van der Waals surface area contributed by atoms with E-state index in [1.54, 1.807) is 29.9 Å². The number of nitrogens with zero attached hydrogens (tertiary/aromatic N) is 3. The highest BCUT2D eigenvalue weighted by Gasteiger charge is 2.16. The third-order valence-corrected chi connectivity index (χ3v) is 3.75. The second-order valence-corrected chi connectivity index (χ2v) is 5.21. The number of hydrogen-bond acceptors (Lipinski definition) is 5. The van der Waals surface area contributed by atoms with E-state index in [1.807, 2.05) is 13.0 Å². The van der Waals surface area contributed by atoms with E-state index in [4.69, 9.17) is 0 Å². The van der Waals surface area contributed by atoms with Crippen molar-refractivity contribution in [1.82, 2.24) is 14.5 Å². The van der Waals surface area contributed by atoms with E-state index < -0.39 is 5.91 Å². The fourth-order valence-corrected chi connectivity index (χ4v) is 2.64. The van der Waals surface area contributed by atoms with Crippen molar-refractivity contribution >= 4 is 33.4 Å². The van der Waals surface area contributed by atoms with Crippen molar-refractivity contribution < 1.29 is 4.79 Å². The van der Waals surface area contributed by atoms with E-state index in [-0.39, 0.29) is 11.1 Å². The molecule has 3 aromatic heterocycles. The Hall–Kier alpha value is -2.54.